The maximum absolute atomic E-state index is 13.0. The van der Waals surface area contributed by atoms with Crippen LogP contribution in [0, 0.1) is 13.8 Å². The summed E-state index contributed by atoms with van der Waals surface area (Å²) in [5.41, 5.74) is 2.41. The first-order valence-corrected chi connectivity index (χ1v) is 10.8. The molecular weight excluding hydrogens is 392 g/mol. The highest BCUT2D eigenvalue weighted by Gasteiger charge is 2.31. The van der Waals surface area contributed by atoms with Crippen molar-refractivity contribution in [2.45, 2.75) is 18.7 Å². The van der Waals surface area contributed by atoms with E-state index in [1.165, 1.54) is 11.4 Å². The molecule has 0 spiro atoms. The number of carbonyl (C=O) groups excluding carboxylic acids is 1. The van der Waals surface area contributed by atoms with Crippen molar-refractivity contribution in [1.29, 1.82) is 0 Å². The second-order valence-electron chi connectivity index (χ2n) is 7.01. The quantitative estimate of drug-likeness (QED) is 0.746. The fraction of sp³-hybridized carbons (Fsp3) is 0.381. The van der Waals surface area contributed by atoms with Crippen molar-refractivity contribution >= 4 is 15.9 Å². The number of ether oxygens (including phenoxy) is 2. The molecule has 0 radical (unpaired) electrons. The summed E-state index contributed by atoms with van der Waals surface area (Å²) >= 11 is 0. The largest absolute Gasteiger partial charge is 0.497 e. The van der Waals surface area contributed by atoms with Crippen LogP contribution in [0.1, 0.15) is 21.5 Å². The van der Waals surface area contributed by atoms with Gasteiger partial charge in [-0.1, -0.05) is 6.07 Å². The maximum Gasteiger partial charge on any atom is 0.257 e. The van der Waals surface area contributed by atoms with Crippen LogP contribution in [0.5, 0.6) is 11.5 Å². The number of sulfonamides is 1. The third-order valence-electron chi connectivity index (χ3n) is 5.28. The summed E-state index contributed by atoms with van der Waals surface area (Å²) in [4.78, 5) is 14.9. The van der Waals surface area contributed by atoms with E-state index in [0.29, 0.717) is 30.2 Å². The standard InChI is InChI=1S/C21H26N2O5S/c1-15-5-7-18(13-16(15)2)29(25,26)23-11-9-22(10-12-23)21(24)19-8-6-17(27-3)14-20(19)28-4/h5-8,13-14H,9-12H2,1-4H3. The zero-order chi connectivity index (χ0) is 21.2. The van der Waals surface area contributed by atoms with Gasteiger partial charge in [-0.05, 0) is 49.2 Å². The smallest absolute Gasteiger partial charge is 0.257 e. The molecule has 156 valence electrons. The van der Waals surface area contributed by atoms with Gasteiger partial charge in [0, 0.05) is 32.2 Å². The minimum Gasteiger partial charge on any atom is -0.497 e. The lowest BCUT2D eigenvalue weighted by Gasteiger charge is -2.34. The summed E-state index contributed by atoms with van der Waals surface area (Å²) < 4.78 is 37.8. The highest BCUT2D eigenvalue weighted by atomic mass is 32.2. The lowest BCUT2D eigenvalue weighted by molar-refractivity contribution is 0.0694. The summed E-state index contributed by atoms with van der Waals surface area (Å²) in [6.45, 7) is 4.98. The minimum absolute atomic E-state index is 0.187. The average Bonchev–Trinajstić information content (AvgIpc) is 2.74. The fourth-order valence-electron chi connectivity index (χ4n) is 3.30. The monoisotopic (exact) mass is 418 g/mol. The molecular formula is C21H26N2O5S. The molecule has 7 nitrogen and oxygen atoms in total. The number of hydrogen-bond acceptors (Lipinski definition) is 5. The molecule has 1 aliphatic heterocycles. The number of amides is 1. The van der Waals surface area contributed by atoms with E-state index in [0.717, 1.165) is 11.1 Å². The molecule has 0 aliphatic carbocycles. The van der Waals surface area contributed by atoms with E-state index >= 15 is 0 Å². The molecule has 1 aliphatic rings. The number of nitrogens with zero attached hydrogens (tertiary/aromatic N) is 2. The van der Waals surface area contributed by atoms with E-state index in [1.807, 2.05) is 19.9 Å². The normalized spacial score (nSPS) is 15.2. The zero-order valence-corrected chi connectivity index (χ0v) is 18.0. The molecule has 0 N–H and O–H groups in total. The van der Waals surface area contributed by atoms with Gasteiger partial charge in [-0.25, -0.2) is 8.42 Å². The van der Waals surface area contributed by atoms with Crippen molar-refractivity contribution < 1.29 is 22.7 Å². The van der Waals surface area contributed by atoms with Gasteiger partial charge >= 0.3 is 0 Å². The Morgan fingerprint density at radius 3 is 2.17 bits per heavy atom. The van der Waals surface area contributed by atoms with Gasteiger partial charge in [0.15, 0.2) is 0 Å². The van der Waals surface area contributed by atoms with Gasteiger partial charge in [0.05, 0.1) is 24.7 Å². The third kappa shape index (κ3) is 4.23. The van der Waals surface area contributed by atoms with E-state index < -0.39 is 10.0 Å². The number of rotatable bonds is 5. The Labute approximate surface area is 171 Å². The zero-order valence-electron chi connectivity index (χ0n) is 17.1. The molecule has 1 saturated heterocycles. The Morgan fingerprint density at radius 1 is 0.897 bits per heavy atom. The second kappa shape index (κ2) is 8.42. The van der Waals surface area contributed by atoms with Gasteiger partial charge < -0.3 is 14.4 Å². The molecule has 1 fully saturated rings. The number of methoxy groups -OCH3 is 2. The van der Waals surface area contributed by atoms with Gasteiger partial charge in [0.25, 0.3) is 5.91 Å². The summed E-state index contributed by atoms with van der Waals surface area (Å²) in [6.07, 6.45) is 0. The van der Waals surface area contributed by atoms with Gasteiger partial charge in [0.1, 0.15) is 11.5 Å². The highest BCUT2D eigenvalue weighted by Crippen LogP contribution is 2.27. The number of benzene rings is 2. The predicted molar refractivity (Wildman–Crippen MR) is 110 cm³/mol. The number of hydrogen-bond donors (Lipinski definition) is 0. The van der Waals surface area contributed by atoms with E-state index in [-0.39, 0.29) is 23.9 Å². The average molecular weight is 419 g/mol. The Bertz CT molecular complexity index is 1010. The highest BCUT2D eigenvalue weighted by molar-refractivity contribution is 7.89. The van der Waals surface area contributed by atoms with Crippen molar-refractivity contribution in [3.8, 4) is 11.5 Å². The third-order valence-corrected chi connectivity index (χ3v) is 7.18. The number of carbonyl (C=O) groups is 1. The van der Waals surface area contributed by atoms with Crippen molar-refractivity contribution in [3.63, 3.8) is 0 Å². The fourth-order valence-corrected chi connectivity index (χ4v) is 4.81. The molecule has 8 heteroatoms. The predicted octanol–water partition coefficient (Wildman–Crippen LogP) is 2.47. The van der Waals surface area contributed by atoms with Gasteiger partial charge in [-0.15, -0.1) is 0 Å². The first-order chi connectivity index (χ1) is 13.8. The molecule has 1 heterocycles. The summed E-state index contributed by atoms with van der Waals surface area (Å²) in [6, 6.07) is 10.2. The van der Waals surface area contributed by atoms with Crippen LogP contribution in [0.15, 0.2) is 41.3 Å². The van der Waals surface area contributed by atoms with Crippen LogP contribution in [-0.4, -0.2) is 63.9 Å². The number of aryl methyl sites for hydroxylation is 2. The summed E-state index contributed by atoms with van der Waals surface area (Å²) in [7, 11) is -0.536. The first kappa shape index (κ1) is 21.1. The molecule has 0 atom stereocenters. The van der Waals surface area contributed by atoms with Crippen LogP contribution >= 0.6 is 0 Å². The molecule has 3 rings (SSSR count). The molecule has 29 heavy (non-hydrogen) atoms. The number of piperazine rings is 1. The minimum atomic E-state index is -3.58. The molecule has 0 saturated carbocycles. The van der Waals surface area contributed by atoms with Gasteiger partial charge in [-0.3, -0.25) is 4.79 Å². The van der Waals surface area contributed by atoms with Gasteiger partial charge in [-0.2, -0.15) is 4.31 Å². The molecule has 0 aromatic heterocycles. The topological polar surface area (TPSA) is 76.2 Å². The van der Waals surface area contributed by atoms with Crippen LogP contribution < -0.4 is 9.47 Å². The van der Waals surface area contributed by atoms with Crippen LogP contribution in [0.3, 0.4) is 0 Å². The Morgan fingerprint density at radius 2 is 1.59 bits per heavy atom. The lowest BCUT2D eigenvalue weighted by Crippen LogP contribution is -2.50. The summed E-state index contributed by atoms with van der Waals surface area (Å²) in [5.74, 6) is 0.843. The first-order valence-electron chi connectivity index (χ1n) is 9.36. The molecule has 2 aromatic rings. The molecule has 1 amide bonds. The Balaban J connectivity index is 1.73. The Hall–Kier alpha value is -2.58. The van der Waals surface area contributed by atoms with E-state index in [9.17, 15) is 13.2 Å². The van der Waals surface area contributed by atoms with Crippen LogP contribution in [0.4, 0.5) is 0 Å². The second-order valence-corrected chi connectivity index (χ2v) is 8.95. The van der Waals surface area contributed by atoms with Crippen LogP contribution in [-0.2, 0) is 10.0 Å². The van der Waals surface area contributed by atoms with Crippen molar-refractivity contribution in [1.82, 2.24) is 9.21 Å². The van der Waals surface area contributed by atoms with E-state index in [2.05, 4.69) is 0 Å². The molecule has 0 unspecified atom stereocenters. The SMILES string of the molecule is COc1ccc(C(=O)N2CCN(S(=O)(=O)c3ccc(C)c(C)c3)CC2)c(OC)c1. The van der Waals surface area contributed by atoms with Crippen LogP contribution in [0.2, 0.25) is 0 Å². The van der Waals surface area contributed by atoms with Crippen molar-refractivity contribution in [2.24, 2.45) is 0 Å². The molecule has 2 aromatic carbocycles. The Kier molecular flexibility index (Phi) is 6.14. The maximum atomic E-state index is 13.0. The van der Waals surface area contributed by atoms with Crippen LogP contribution in [0.25, 0.3) is 0 Å². The van der Waals surface area contributed by atoms with Crippen molar-refractivity contribution in [2.75, 3.05) is 40.4 Å². The summed E-state index contributed by atoms with van der Waals surface area (Å²) in [5, 5.41) is 0. The van der Waals surface area contributed by atoms with Crippen molar-refractivity contribution in [3.05, 3.63) is 53.1 Å². The van der Waals surface area contributed by atoms with E-state index in [1.54, 1.807) is 42.3 Å². The molecule has 0 bridgehead atoms. The van der Waals surface area contributed by atoms with E-state index in [4.69, 9.17) is 9.47 Å². The van der Waals surface area contributed by atoms with Gasteiger partial charge in [0.2, 0.25) is 10.0 Å². The lowest BCUT2D eigenvalue weighted by atomic mass is 10.1.